The van der Waals surface area contributed by atoms with Crippen LogP contribution >= 0.6 is 11.3 Å². The zero-order valence-corrected chi connectivity index (χ0v) is 36.4. The van der Waals surface area contributed by atoms with Crippen LogP contribution in [0.25, 0.3) is 64.8 Å². The number of hydrogen-bond acceptors (Lipinski definition) is 3. The summed E-state index contributed by atoms with van der Waals surface area (Å²) in [6, 6.07) is 47.9. The van der Waals surface area contributed by atoms with Crippen LogP contribution in [-0.4, -0.2) is 6.21 Å². The summed E-state index contributed by atoms with van der Waals surface area (Å²) in [7, 11) is 0. The van der Waals surface area contributed by atoms with E-state index in [1.54, 1.807) is 0 Å². The fourth-order valence-electron chi connectivity index (χ4n) is 9.76. The van der Waals surface area contributed by atoms with Crippen LogP contribution in [0, 0.1) is 5.92 Å². The van der Waals surface area contributed by atoms with Crippen molar-refractivity contribution in [2.24, 2.45) is 16.6 Å². The van der Waals surface area contributed by atoms with E-state index in [4.69, 9.17) is 10.7 Å². The smallest absolute Gasteiger partial charge is 0.0894 e. The van der Waals surface area contributed by atoms with Crippen LogP contribution in [0.5, 0.6) is 0 Å². The standard InChI is InChI=1S/C59H52N2S/c1-3-13-40(14-4-2)42-23-27-44(28-24-42)46-31-32-56-54(36-46)55-38-48(45-29-25-43(26-30-45)41-16-6-5-7-17-41)37-53(59(55)62-56)47-18-12-15-39(35-47)33-34-61-58-52-22-11-9-20-50(52)49-19-8-10-21-51(49)57(58)60/h3,6,8-16,18-32,34-38,41,49,51H,4-5,7,17,33,60H2,1-2H3/b13-3-,40-14+,61-34?. The molecule has 62 heavy (non-hydrogen) atoms. The second kappa shape index (κ2) is 17.4. The maximum Gasteiger partial charge on any atom is 0.0894 e. The fraction of sp³-hybridized carbons (Fsp3) is 0.169. The molecule has 0 saturated heterocycles. The normalized spacial score (nSPS) is 18.7. The van der Waals surface area contributed by atoms with E-state index in [9.17, 15) is 0 Å². The Hall–Kier alpha value is -6.55. The van der Waals surface area contributed by atoms with Crippen LogP contribution in [0.1, 0.15) is 79.2 Å². The Morgan fingerprint density at radius 1 is 0.726 bits per heavy atom. The summed E-state index contributed by atoms with van der Waals surface area (Å²) in [5.41, 5.74) is 23.6. The Labute approximate surface area is 370 Å². The van der Waals surface area contributed by atoms with Gasteiger partial charge in [0.1, 0.15) is 0 Å². The van der Waals surface area contributed by atoms with Gasteiger partial charge in [0.25, 0.3) is 0 Å². The molecule has 0 radical (unpaired) electrons. The summed E-state index contributed by atoms with van der Waals surface area (Å²) in [6.45, 7) is 4.28. The third kappa shape index (κ3) is 7.67. The predicted octanol–water partition coefficient (Wildman–Crippen LogP) is 16.0. The van der Waals surface area contributed by atoms with E-state index in [2.05, 4.69) is 196 Å². The Kier molecular flexibility index (Phi) is 11.1. The van der Waals surface area contributed by atoms with Crippen LogP contribution in [0.15, 0.2) is 193 Å². The van der Waals surface area contributed by atoms with E-state index in [1.807, 2.05) is 17.6 Å². The number of aliphatic imine (C=N–C) groups is 1. The quantitative estimate of drug-likeness (QED) is 0.0833. The zero-order valence-electron chi connectivity index (χ0n) is 35.6. The third-order valence-corrected chi connectivity index (χ3v) is 14.2. The molecule has 3 atom stereocenters. The first-order chi connectivity index (χ1) is 30.6. The van der Waals surface area contributed by atoms with Gasteiger partial charge in [0.05, 0.1) is 5.70 Å². The Morgan fingerprint density at radius 2 is 1.50 bits per heavy atom. The number of rotatable bonds is 10. The molecule has 0 bridgehead atoms. The maximum atomic E-state index is 6.87. The highest BCUT2D eigenvalue weighted by molar-refractivity contribution is 7.26. The lowest BCUT2D eigenvalue weighted by Crippen LogP contribution is -2.25. The lowest BCUT2D eigenvalue weighted by molar-refractivity contribution is 0.642. The monoisotopic (exact) mass is 820 g/mol. The van der Waals surface area contributed by atoms with Crippen molar-refractivity contribution >= 4 is 49.0 Å². The fourth-order valence-corrected chi connectivity index (χ4v) is 11.0. The topological polar surface area (TPSA) is 38.4 Å². The second-order valence-electron chi connectivity index (χ2n) is 16.9. The number of nitrogens with two attached hydrogens (primary N) is 1. The molecule has 0 saturated carbocycles. The van der Waals surface area contributed by atoms with Crippen LogP contribution in [0.2, 0.25) is 0 Å². The number of allylic oxidation sites excluding steroid dienone is 10. The number of fused-ring (bicyclic) bond motifs is 6. The molecular weight excluding hydrogens is 769 g/mol. The molecule has 6 aromatic carbocycles. The second-order valence-corrected chi connectivity index (χ2v) is 17.9. The number of benzene rings is 6. The van der Waals surface area contributed by atoms with E-state index in [1.165, 1.54) is 101 Å². The first kappa shape index (κ1) is 39.6. The maximum absolute atomic E-state index is 6.87. The van der Waals surface area contributed by atoms with Gasteiger partial charge in [0.15, 0.2) is 0 Å². The van der Waals surface area contributed by atoms with E-state index >= 15 is 0 Å². The van der Waals surface area contributed by atoms with E-state index in [-0.39, 0.29) is 11.8 Å². The van der Waals surface area contributed by atoms with Crippen molar-refractivity contribution < 1.29 is 0 Å². The van der Waals surface area contributed by atoms with Gasteiger partial charge in [-0.1, -0.05) is 165 Å². The van der Waals surface area contributed by atoms with Gasteiger partial charge in [-0.05, 0) is 113 Å². The van der Waals surface area contributed by atoms with Gasteiger partial charge in [0, 0.05) is 67.4 Å². The minimum atomic E-state index is 0.127. The molecule has 2 N–H and O–H groups in total. The molecule has 3 heteroatoms. The zero-order chi connectivity index (χ0) is 42.0. The summed E-state index contributed by atoms with van der Waals surface area (Å²) in [6.07, 6.45) is 27.5. The van der Waals surface area contributed by atoms with Gasteiger partial charge in [-0.2, -0.15) is 0 Å². The van der Waals surface area contributed by atoms with Gasteiger partial charge in [-0.15, -0.1) is 11.3 Å². The van der Waals surface area contributed by atoms with Crippen molar-refractivity contribution in [3.63, 3.8) is 0 Å². The number of hydrogen-bond donors (Lipinski definition) is 1. The summed E-state index contributed by atoms with van der Waals surface area (Å²) < 4.78 is 2.61. The minimum Gasteiger partial charge on any atom is -0.400 e. The third-order valence-electron chi connectivity index (χ3n) is 12.9. The Bertz CT molecular complexity index is 3020. The molecule has 0 amide bonds. The van der Waals surface area contributed by atoms with Crippen LogP contribution in [-0.2, 0) is 6.42 Å². The molecule has 7 aromatic rings. The van der Waals surface area contributed by atoms with Crippen LogP contribution < -0.4 is 5.73 Å². The van der Waals surface area contributed by atoms with Crippen LogP contribution in [0.4, 0.5) is 0 Å². The average Bonchev–Trinajstić information content (AvgIpc) is 3.71. The molecule has 10 rings (SSSR count). The molecule has 2 nitrogen and oxygen atoms in total. The summed E-state index contributed by atoms with van der Waals surface area (Å²) in [5, 5.41) is 2.60. The van der Waals surface area contributed by atoms with Gasteiger partial charge in [-0.3, -0.25) is 4.99 Å². The molecular formula is C59H52N2S. The molecule has 0 aliphatic heterocycles. The summed E-state index contributed by atoms with van der Waals surface area (Å²) in [4.78, 5) is 5.09. The van der Waals surface area contributed by atoms with E-state index < -0.39 is 0 Å². The molecule has 3 unspecified atom stereocenters. The van der Waals surface area contributed by atoms with Crippen molar-refractivity contribution in [3.8, 4) is 33.4 Å². The van der Waals surface area contributed by atoms with E-state index in [0.717, 1.165) is 23.4 Å². The van der Waals surface area contributed by atoms with Crippen LogP contribution in [0.3, 0.4) is 0 Å². The lowest BCUT2D eigenvalue weighted by atomic mass is 9.74. The highest BCUT2D eigenvalue weighted by atomic mass is 32.1. The molecule has 304 valence electrons. The first-order valence-electron chi connectivity index (χ1n) is 22.3. The molecule has 0 fully saturated rings. The van der Waals surface area contributed by atoms with Gasteiger partial charge >= 0.3 is 0 Å². The molecule has 3 aliphatic carbocycles. The van der Waals surface area contributed by atoms with Crippen molar-refractivity contribution in [2.75, 3.05) is 0 Å². The van der Waals surface area contributed by atoms with Crippen molar-refractivity contribution in [1.82, 2.24) is 0 Å². The molecule has 1 heterocycles. The lowest BCUT2D eigenvalue weighted by Gasteiger charge is -2.32. The highest BCUT2D eigenvalue weighted by Gasteiger charge is 2.32. The highest BCUT2D eigenvalue weighted by Crippen LogP contribution is 2.46. The Morgan fingerprint density at radius 3 is 2.31 bits per heavy atom. The molecule has 0 spiro atoms. The Balaban J connectivity index is 1.03. The number of nitrogens with zero attached hydrogens (tertiary/aromatic N) is 1. The van der Waals surface area contributed by atoms with E-state index in [0.29, 0.717) is 12.3 Å². The van der Waals surface area contributed by atoms with Gasteiger partial charge < -0.3 is 5.73 Å². The predicted molar refractivity (Wildman–Crippen MR) is 269 cm³/mol. The largest absolute Gasteiger partial charge is 0.400 e. The molecule has 3 aliphatic rings. The van der Waals surface area contributed by atoms with Crippen molar-refractivity contribution in [3.05, 3.63) is 216 Å². The van der Waals surface area contributed by atoms with Crippen molar-refractivity contribution in [2.45, 2.75) is 57.8 Å². The first-order valence-corrected chi connectivity index (χ1v) is 23.1. The molecule has 1 aromatic heterocycles. The van der Waals surface area contributed by atoms with Gasteiger partial charge in [0.2, 0.25) is 0 Å². The SMILES string of the molecule is C/C=C\C(=C/CC)c1ccc(-c2ccc3sc4c(-c5cccc(CC=NC6=C(N)C7C=CC=CC7c7ccccc76)c5)cc(-c5ccc(C6C=CCCC6)cc5)cc4c3c2)cc1. The average molecular weight is 821 g/mol. The minimum absolute atomic E-state index is 0.127. The number of thiophene rings is 1. The van der Waals surface area contributed by atoms with Gasteiger partial charge in [-0.25, -0.2) is 0 Å². The van der Waals surface area contributed by atoms with Crippen molar-refractivity contribution in [1.29, 1.82) is 0 Å². The summed E-state index contributed by atoms with van der Waals surface area (Å²) in [5.74, 6) is 0.886. The summed E-state index contributed by atoms with van der Waals surface area (Å²) >= 11 is 1.90.